The maximum atomic E-state index is 12.5. The first kappa shape index (κ1) is 20.0. The molecule has 0 aliphatic carbocycles. The van der Waals surface area contributed by atoms with Gasteiger partial charge in [0.25, 0.3) is 5.91 Å². The highest BCUT2D eigenvalue weighted by Gasteiger charge is 2.17. The second kappa shape index (κ2) is 8.32. The van der Waals surface area contributed by atoms with Gasteiger partial charge in [0.15, 0.2) is 23.0 Å². The van der Waals surface area contributed by atoms with Crippen LogP contribution in [0.3, 0.4) is 0 Å². The van der Waals surface area contributed by atoms with Crippen LogP contribution in [-0.2, 0) is 0 Å². The number of likely N-dealkylation sites (N-methyl/N-ethyl adjacent to an activating group) is 1. The summed E-state index contributed by atoms with van der Waals surface area (Å²) in [7, 11) is 3.96. The van der Waals surface area contributed by atoms with Gasteiger partial charge in [0, 0.05) is 30.4 Å². The summed E-state index contributed by atoms with van der Waals surface area (Å²) in [4.78, 5) is 14.6. The van der Waals surface area contributed by atoms with Gasteiger partial charge in [-0.1, -0.05) is 12.1 Å². The number of fused-ring (bicyclic) bond motifs is 2. The molecule has 8 nitrogen and oxygen atoms in total. The zero-order chi connectivity index (χ0) is 22.1. The predicted molar refractivity (Wildman–Crippen MR) is 121 cm³/mol. The van der Waals surface area contributed by atoms with Crippen LogP contribution in [0.5, 0.6) is 11.5 Å². The third-order valence-electron chi connectivity index (χ3n) is 5.34. The maximum Gasteiger partial charge on any atom is 0.251 e. The Bertz CT molecular complexity index is 1300. The van der Waals surface area contributed by atoms with Gasteiger partial charge in [-0.05, 0) is 67.7 Å². The number of hydrogen-bond acceptors (Lipinski definition) is 6. The topological polar surface area (TPSA) is 81.0 Å². The Balaban J connectivity index is 1.45. The smallest absolute Gasteiger partial charge is 0.251 e. The number of hydrogen-bond donors (Lipinski definition) is 1. The number of carbonyl (C=O) groups excluding carboxylic acids is 1. The van der Waals surface area contributed by atoms with E-state index in [1.807, 2.05) is 84.2 Å². The van der Waals surface area contributed by atoms with E-state index in [4.69, 9.17) is 9.47 Å². The monoisotopic (exact) mass is 429 g/mol. The molecule has 1 amide bonds. The number of pyridine rings is 1. The van der Waals surface area contributed by atoms with Gasteiger partial charge >= 0.3 is 0 Å². The average Bonchev–Trinajstić information content (AvgIpc) is 3.44. The van der Waals surface area contributed by atoms with E-state index in [0.29, 0.717) is 23.7 Å². The molecule has 1 aliphatic rings. The summed E-state index contributed by atoms with van der Waals surface area (Å²) in [6, 6.07) is 17.2. The van der Waals surface area contributed by atoms with Crippen LogP contribution in [0, 0.1) is 0 Å². The minimum atomic E-state index is -0.0832. The van der Waals surface area contributed by atoms with Gasteiger partial charge in [-0.25, -0.2) is 0 Å². The first-order valence-electron chi connectivity index (χ1n) is 10.4. The largest absolute Gasteiger partial charge is 0.454 e. The Morgan fingerprint density at radius 3 is 2.72 bits per heavy atom. The molecule has 1 N–H and O–H groups in total. The summed E-state index contributed by atoms with van der Waals surface area (Å²) in [6.45, 7) is 1.61. The van der Waals surface area contributed by atoms with Crippen molar-refractivity contribution in [2.75, 3.05) is 34.0 Å². The van der Waals surface area contributed by atoms with Crippen LogP contribution in [0.25, 0.3) is 28.2 Å². The van der Waals surface area contributed by atoms with Crippen LogP contribution in [0.2, 0.25) is 0 Å². The molecule has 162 valence electrons. The van der Waals surface area contributed by atoms with Crippen molar-refractivity contribution < 1.29 is 14.3 Å². The van der Waals surface area contributed by atoms with Gasteiger partial charge < -0.3 is 19.7 Å². The molecule has 8 heteroatoms. The lowest BCUT2D eigenvalue weighted by Gasteiger charge is -2.11. The molecule has 0 bridgehead atoms. The van der Waals surface area contributed by atoms with Crippen molar-refractivity contribution >= 4 is 11.6 Å². The number of amides is 1. The molecule has 5 rings (SSSR count). The van der Waals surface area contributed by atoms with Gasteiger partial charge in [0.05, 0.1) is 0 Å². The van der Waals surface area contributed by atoms with E-state index in [9.17, 15) is 4.79 Å². The zero-order valence-electron chi connectivity index (χ0n) is 17.9. The first-order valence-corrected chi connectivity index (χ1v) is 10.4. The van der Waals surface area contributed by atoms with Crippen LogP contribution in [0.4, 0.5) is 0 Å². The highest BCUT2D eigenvalue weighted by atomic mass is 16.7. The second-order valence-corrected chi connectivity index (χ2v) is 7.88. The molecule has 3 heterocycles. The van der Waals surface area contributed by atoms with E-state index in [1.165, 1.54) is 0 Å². The van der Waals surface area contributed by atoms with Gasteiger partial charge in [0.2, 0.25) is 6.79 Å². The van der Waals surface area contributed by atoms with Gasteiger partial charge in [0.1, 0.15) is 0 Å². The maximum absolute atomic E-state index is 12.5. The van der Waals surface area contributed by atoms with E-state index >= 15 is 0 Å². The SMILES string of the molecule is CN(C)CCNC(=O)c1cccc(-c2ccc3nnc(-c4ccc5c(c4)OCO5)n3c2)c1. The molecular formula is C24H23N5O3. The quantitative estimate of drug-likeness (QED) is 0.507. The van der Waals surface area contributed by atoms with Gasteiger partial charge in [-0.15, -0.1) is 10.2 Å². The zero-order valence-corrected chi connectivity index (χ0v) is 17.9. The summed E-state index contributed by atoms with van der Waals surface area (Å²) in [5, 5.41) is 11.6. The number of nitrogens with one attached hydrogen (secondary N) is 1. The van der Waals surface area contributed by atoms with Gasteiger partial charge in [-0.2, -0.15) is 0 Å². The Hall–Kier alpha value is -3.91. The Labute approximate surface area is 185 Å². The molecule has 0 fully saturated rings. The standard InChI is InChI=1S/C24H23N5O3/c1-28(2)11-10-25-24(30)18-5-3-4-16(12-18)19-7-9-22-26-27-23(29(22)14-19)17-6-8-20-21(13-17)32-15-31-20/h3-9,12-14H,10-11,15H2,1-2H3,(H,25,30). The van der Waals surface area contributed by atoms with Crippen molar-refractivity contribution in [3.8, 4) is 34.0 Å². The molecule has 32 heavy (non-hydrogen) atoms. The fourth-order valence-corrected chi connectivity index (χ4v) is 3.63. The van der Waals surface area contributed by atoms with Crippen LogP contribution < -0.4 is 14.8 Å². The van der Waals surface area contributed by atoms with E-state index in [0.717, 1.165) is 34.6 Å². The molecule has 0 radical (unpaired) electrons. The number of benzene rings is 2. The summed E-state index contributed by atoms with van der Waals surface area (Å²) in [5.41, 5.74) is 4.15. The number of aromatic nitrogens is 3. The van der Waals surface area contributed by atoms with Crippen molar-refractivity contribution in [3.05, 3.63) is 66.4 Å². The normalized spacial score (nSPS) is 12.5. The lowest BCUT2D eigenvalue weighted by atomic mass is 10.0. The van der Waals surface area contributed by atoms with E-state index in [-0.39, 0.29) is 12.7 Å². The molecule has 4 aromatic rings. The van der Waals surface area contributed by atoms with Crippen molar-refractivity contribution in [2.24, 2.45) is 0 Å². The predicted octanol–water partition coefficient (Wildman–Crippen LogP) is 3.08. The molecule has 0 saturated heterocycles. The average molecular weight is 429 g/mol. The molecule has 0 unspecified atom stereocenters. The molecule has 0 atom stereocenters. The third kappa shape index (κ3) is 3.88. The van der Waals surface area contributed by atoms with E-state index < -0.39 is 0 Å². The van der Waals surface area contributed by atoms with Crippen LogP contribution >= 0.6 is 0 Å². The molecular weight excluding hydrogens is 406 g/mol. The summed E-state index contributed by atoms with van der Waals surface area (Å²) >= 11 is 0. The lowest BCUT2D eigenvalue weighted by molar-refractivity contribution is 0.0951. The Morgan fingerprint density at radius 1 is 1.00 bits per heavy atom. The number of rotatable bonds is 6. The van der Waals surface area contributed by atoms with Crippen molar-refractivity contribution in [1.29, 1.82) is 0 Å². The number of ether oxygens (including phenoxy) is 2. The van der Waals surface area contributed by atoms with Crippen molar-refractivity contribution in [3.63, 3.8) is 0 Å². The first-order chi connectivity index (χ1) is 15.6. The molecule has 0 spiro atoms. The van der Waals surface area contributed by atoms with Gasteiger partial charge in [-0.3, -0.25) is 9.20 Å². The minimum absolute atomic E-state index is 0.0832. The van der Waals surface area contributed by atoms with Crippen LogP contribution in [0.1, 0.15) is 10.4 Å². The third-order valence-corrected chi connectivity index (χ3v) is 5.34. The highest BCUT2D eigenvalue weighted by molar-refractivity contribution is 5.95. The molecule has 2 aromatic heterocycles. The number of carbonyl (C=O) groups is 1. The fraction of sp³-hybridized carbons (Fsp3) is 0.208. The summed E-state index contributed by atoms with van der Waals surface area (Å²) in [6.07, 6.45) is 1.98. The Kier molecular flexibility index (Phi) is 5.20. The number of nitrogens with zero attached hydrogens (tertiary/aromatic N) is 4. The second-order valence-electron chi connectivity index (χ2n) is 7.88. The molecule has 0 saturated carbocycles. The van der Waals surface area contributed by atoms with E-state index in [2.05, 4.69) is 15.5 Å². The summed E-state index contributed by atoms with van der Waals surface area (Å²) < 4.78 is 12.8. The Morgan fingerprint density at radius 2 is 1.84 bits per heavy atom. The molecule has 1 aliphatic heterocycles. The fourth-order valence-electron chi connectivity index (χ4n) is 3.63. The minimum Gasteiger partial charge on any atom is -0.454 e. The van der Waals surface area contributed by atoms with E-state index in [1.54, 1.807) is 0 Å². The highest BCUT2D eigenvalue weighted by Crippen LogP contribution is 2.35. The van der Waals surface area contributed by atoms with Crippen LogP contribution in [0.15, 0.2) is 60.8 Å². The molecule has 2 aromatic carbocycles. The van der Waals surface area contributed by atoms with Crippen LogP contribution in [-0.4, -0.2) is 59.4 Å². The lowest BCUT2D eigenvalue weighted by Crippen LogP contribution is -2.31. The van der Waals surface area contributed by atoms with Crippen molar-refractivity contribution in [1.82, 2.24) is 24.8 Å². The van der Waals surface area contributed by atoms with Crippen molar-refractivity contribution in [2.45, 2.75) is 0 Å². The summed E-state index contributed by atoms with van der Waals surface area (Å²) in [5.74, 6) is 2.05.